The van der Waals surface area contributed by atoms with Crippen molar-refractivity contribution < 1.29 is 9.53 Å². The standard InChI is InChI=1S/C15H23N3O2/c1-4-20-14(19)12-9-11(16)10-17-13(12)18-7-5-15(2,3)6-8-18/h9-10H,4-8,16H2,1-3H3. The van der Waals surface area contributed by atoms with Gasteiger partial charge in [-0.05, 0) is 31.2 Å². The number of carbonyl (C=O) groups is 1. The Kier molecular flexibility index (Phi) is 4.16. The summed E-state index contributed by atoms with van der Waals surface area (Å²) >= 11 is 0. The molecule has 1 aromatic rings. The molecular weight excluding hydrogens is 254 g/mol. The summed E-state index contributed by atoms with van der Waals surface area (Å²) in [7, 11) is 0. The van der Waals surface area contributed by atoms with E-state index in [1.54, 1.807) is 19.2 Å². The van der Waals surface area contributed by atoms with E-state index in [-0.39, 0.29) is 5.97 Å². The van der Waals surface area contributed by atoms with Gasteiger partial charge < -0.3 is 15.4 Å². The maximum Gasteiger partial charge on any atom is 0.341 e. The number of aromatic nitrogens is 1. The van der Waals surface area contributed by atoms with Crippen LogP contribution in [0.4, 0.5) is 11.5 Å². The van der Waals surface area contributed by atoms with Crippen LogP contribution < -0.4 is 10.6 Å². The zero-order chi connectivity index (χ0) is 14.8. The zero-order valence-electron chi connectivity index (χ0n) is 12.5. The maximum atomic E-state index is 12.0. The van der Waals surface area contributed by atoms with Gasteiger partial charge >= 0.3 is 5.97 Å². The molecule has 0 amide bonds. The molecule has 0 spiro atoms. The molecular formula is C15H23N3O2. The minimum absolute atomic E-state index is 0.347. The molecule has 1 fully saturated rings. The van der Waals surface area contributed by atoms with Gasteiger partial charge in [0.05, 0.1) is 18.5 Å². The first-order valence-corrected chi connectivity index (χ1v) is 7.10. The molecule has 1 aliphatic rings. The molecule has 5 nitrogen and oxygen atoms in total. The lowest BCUT2D eigenvalue weighted by molar-refractivity contribution is 0.0526. The summed E-state index contributed by atoms with van der Waals surface area (Å²) in [5.74, 6) is 0.334. The van der Waals surface area contributed by atoms with Crippen LogP contribution in [0, 0.1) is 5.41 Å². The fourth-order valence-electron chi connectivity index (χ4n) is 2.41. The van der Waals surface area contributed by atoms with E-state index in [0.29, 0.717) is 29.1 Å². The van der Waals surface area contributed by atoms with Crippen molar-refractivity contribution in [3.63, 3.8) is 0 Å². The number of esters is 1. The summed E-state index contributed by atoms with van der Waals surface area (Å²) in [6, 6.07) is 1.65. The van der Waals surface area contributed by atoms with Gasteiger partial charge in [-0.1, -0.05) is 13.8 Å². The van der Waals surface area contributed by atoms with E-state index in [4.69, 9.17) is 10.5 Å². The Morgan fingerprint density at radius 1 is 1.45 bits per heavy atom. The number of hydrogen-bond donors (Lipinski definition) is 1. The van der Waals surface area contributed by atoms with Crippen molar-refractivity contribution in [1.82, 2.24) is 4.98 Å². The fraction of sp³-hybridized carbons (Fsp3) is 0.600. The lowest BCUT2D eigenvalue weighted by Crippen LogP contribution is -2.38. The van der Waals surface area contributed by atoms with Crippen LogP contribution in [0.3, 0.4) is 0 Å². The summed E-state index contributed by atoms with van der Waals surface area (Å²) in [6.07, 6.45) is 3.76. The predicted octanol–water partition coefficient (Wildman–Crippen LogP) is 2.47. The maximum absolute atomic E-state index is 12.0. The predicted molar refractivity (Wildman–Crippen MR) is 79.8 cm³/mol. The van der Waals surface area contributed by atoms with Crippen LogP contribution in [0.5, 0.6) is 0 Å². The monoisotopic (exact) mass is 277 g/mol. The van der Waals surface area contributed by atoms with Gasteiger partial charge in [-0.3, -0.25) is 0 Å². The average molecular weight is 277 g/mol. The van der Waals surface area contributed by atoms with E-state index < -0.39 is 0 Å². The first-order chi connectivity index (χ1) is 9.43. The number of nitrogens with zero attached hydrogens (tertiary/aromatic N) is 2. The number of anilines is 2. The molecule has 1 aliphatic heterocycles. The van der Waals surface area contributed by atoms with Gasteiger partial charge in [0.15, 0.2) is 0 Å². The summed E-state index contributed by atoms with van der Waals surface area (Å²) in [5.41, 5.74) is 7.05. The van der Waals surface area contributed by atoms with Gasteiger partial charge in [-0.15, -0.1) is 0 Å². The molecule has 2 N–H and O–H groups in total. The van der Waals surface area contributed by atoms with Gasteiger partial charge in [-0.25, -0.2) is 9.78 Å². The molecule has 1 saturated heterocycles. The molecule has 5 heteroatoms. The summed E-state index contributed by atoms with van der Waals surface area (Å²) < 4.78 is 5.09. The van der Waals surface area contributed by atoms with Gasteiger partial charge in [0.2, 0.25) is 0 Å². The Bertz CT molecular complexity index is 490. The first-order valence-electron chi connectivity index (χ1n) is 7.10. The molecule has 0 aromatic carbocycles. The molecule has 0 unspecified atom stereocenters. The van der Waals surface area contributed by atoms with Gasteiger partial charge in [0.1, 0.15) is 11.4 Å². The van der Waals surface area contributed by atoms with E-state index in [0.717, 1.165) is 25.9 Å². The third kappa shape index (κ3) is 3.21. The van der Waals surface area contributed by atoms with Crippen LogP contribution in [0.25, 0.3) is 0 Å². The van der Waals surface area contributed by atoms with E-state index in [2.05, 4.69) is 23.7 Å². The summed E-state index contributed by atoms with van der Waals surface area (Å²) in [6.45, 7) is 8.48. The number of carbonyl (C=O) groups excluding carboxylic acids is 1. The van der Waals surface area contributed by atoms with E-state index in [1.165, 1.54) is 0 Å². The second kappa shape index (κ2) is 5.69. The number of rotatable bonds is 3. The topological polar surface area (TPSA) is 68.5 Å². The molecule has 1 aromatic heterocycles. The number of hydrogen-bond acceptors (Lipinski definition) is 5. The Morgan fingerprint density at radius 2 is 2.10 bits per heavy atom. The Morgan fingerprint density at radius 3 is 2.70 bits per heavy atom. The molecule has 2 heterocycles. The highest BCUT2D eigenvalue weighted by atomic mass is 16.5. The molecule has 0 aliphatic carbocycles. The van der Waals surface area contributed by atoms with E-state index in [9.17, 15) is 4.79 Å². The van der Waals surface area contributed by atoms with E-state index in [1.807, 2.05) is 0 Å². The second-order valence-electron chi connectivity index (χ2n) is 6.01. The quantitative estimate of drug-likeness (QED) is 0.860. The number of nitrogen functional groups attached to an aromatic ring is 1. The normalized spacial score (nSPS) is 17.9. The molecule has 20 heavy (non-hydrogen) atoms. The number of piperidine rings is 1. The minimum Gasteiger partial charge on any atom is -0.462 e. The zero-order valence-corrected chi connectivity index (χ0v) is 12.5. The highest BCUT2D eigenvalue weighted by Crippen LogP contribution is 2.33. The van der Waals surface area contributed by atoms with Crippen molar-refractivity contribution in [1.29, 1.82) is 0 Å². The van der Waals surface area contributed by atoms with Crippen LogP contribution in [-0.4, -0.2) is 30.6 Å². The van der Waals surface area contributed by atoms with Crippen LogP contribution in [0.2, 0.25) is 0 Å². The van der Waals surface area contributed by atoms with Crippen LogP contribution >= 0.6 is 0 Å². The first kappa shape index (κ1) is 14.6. The summed E-state index contributed by atoms with van der Waals surface area (Å²) in [5, 5.41) is 0. The van der Waals surface area contributed by atoms with Crippen LogP contribution in [0.1, 0.15) is 44.0 Å². The number of nitrogens with two attached hydrogens (primary N) is 1. The lowest BCUT2D eigenvalue weighted by atomic mass is 9.82. The summed E-state index contributed by atoms with van der Waals surface area (Å²) in [4.78, 5) is 18.5. The molecule has 2 rings (SSSR count). The van der Waals surface area contributed by atoms with Crippen molar-refractivity contribution >= 4 is 17.5 Å². The van der Waals surface area contributed by atoms with Crippen molar-refractivity contribution in [2.45, 2.75) is 33.6 Å². The third-order valence-corrected chi connectivity index (χ3v) is 3.80. The molecule has 0 atom stereocenters. The van der Waals surface area contributed by atoms with Gasteiger partial charge in [-0.2, -0.15) is 0 Å². The smallest absolute Gasteiger partial charge is 0.341 e. The highest BCUT2D eigenvalue weighted by molar-refractivity contribution is 5.95. The van der Waals surface area contributed by atoms with E-state index >= 15 is 0 Å². The molecule has 0 radical (unpaired) electrons. The Balaban J connectivity index is 2.25. The Hall–Kier alpha value is -1.78. The highest BCUT2D eigenvalue weighted by Gasteiger charge is 2.28. The Labute approximate surface area is 120 Å². The minimum atomic E-state index is -0.355. The van der Waals surface area contributed by atoms with Crippen molar-refractivity contribution in [2.24, 2.45) is 5.41 Å². The van der Waals surface area contributed by atoms with Crippen molar-refractivity contribution in [2.75, 3.05) is 30.3 Å². The second-order valence-corrected chi connectivity index (χ2v) is 6.01. The third-order valence-electron chi connectivity index (χ3n) is 3.80. The number of pyridine rings is 1. The molecule has 0 saturated carbocycles. The van der Waals surface area contributed by atoms with Gasteiger partial charge in [0.25, 0.3) is 0 Å². The van der Waals surface area contributed by atoms with Crippen LogP contribution in [0.15, 0.2) is 12.3 Å². The lowest BCUT2D eigenvalue weighted by Gasteiger charge is -2.38. The van der Waals surface area contributed by atoms with Crippen molar-refractivity contribution in [3.8, 4) is 0 Å². The van der Waals surface area contributed by atoms with Crippen LogP contribution in [-0.2, 0) is 4.74 Å². The van der Waals surface area contributed by atoms with Gasteiger partial charge in [0, 0.05) is 13.1 Å². The van der Waals surface area contributed by atoms with Crippen molar-refractivity contribution in [3.05, 3.63) is 17.8 Å². The SMILES string of the molecule is CCOC(=O)c1cc(N)cnc1N1CCC(C)(C)CC1. The molecule has 110 valence electrons. The number of ether oxygens (including phenoxy) is 1. The average Bonchev–Trinajstić information content (AvgIpc) is 2.39. The molecule has 0 bridgehead atoms. The largest absolute Gasteiger partial charge is 0.462 e. The fourth-order valence-corrected chi connectivity index (χ4v) is 2.41.